The van der Waals surface area contributed by atoms with E-state index in [0.717, 1.165) is 14.9 Å². The van der Waals surface area contributed by atoms with Crippen molar-refractivity contribution in [3.05, 3.63) is 28.2 Å². The molecule has 1 aromatic rings. The van der Waals surface area contributed by atoms with Gasteiger partial charge in [-0.05, 0) is 24.6 Å². The molecule has 0 aliphatic heterocycles. The van der Waals surface area contributed by atoms with Gasteiger partial charge in [0.15, 0.2) is 0 Å². The van der Waals surface area contributed by atoms with Gasteiger partial charge in [0.05, 0.1) is 6.61 Å². The van der Waals surface area contributed by atoms with Crippen molar-refractivity contribution in [1.29, 1.82) is 0 Å². The van der Waals surface area contributed by atoms with E-state index < -0.39 is 0 Å². The molecule has 0 aliphatic carbocycles. The summed E-state index contributed by atoms with van der Waals surface area (Å²) in [4.78, 5) is 1.14. The summed E-state index contributed by atoms with van der Waals surface area (Å²) >= 11 is 5.09. The van der Waals surface area contributed by atoms with Gasteiger partial charge in [-0.2, -0.15) is 0 Å². The van der Waals surface area contributed by atoms with Gasteiger partial charge >= 0.3 is 0 Å². The van der Waals surface area contributed by atoms with Crippen molar-refractivity contribution in [1.82, 2.24) is 0 Å². The second-order valence-electron chi connectivity index (χ2n) is 3.58. The molecule has 2 nitrogen and oxygen atoms in total. The highest BCUT2D eigenvalue weighted by Gasteiger charge is 2.11. The average Bonchev–Trinajstić information content (AvgIpc) is 2.17. The van der Waals surface area contributed by atoms with Crippen molar-refractivity contribution in [2.24, 2.45) is 5.73 Å². The molecule has 4 heteroatoms. The van der Waals surface area contributed by atoms with Gasteiger partial charge in [0.1, 0.15) is 0 Å². The van der Waals surface area contributed by atoms with Gasteiger partial charge in [-0.25, -0.2) is 0 Å². The highest BCUT2D eigenvalue weighted by molar-refractivity contribution is 9.10. The molecule has 0 bridgehead atoms. The molecule has 2 atom stereocenters. The van der Waals surface area contributed by atoms with Crippen LogP contribution in [-0.2, 0) is 0 Å². The molecule has 2 unspecified atom stereocenters. The Morgan fingerprint density at radius 1 is 1.47 bits per heavy atom. The topological polar surface area (TPSA) is 46.2 Å². The van der Waals surface area contributed by atoms with Crippen LogP contribution in [0.5, 0.6) is 0 Å². The Kier molecular flexibility index (Phi) is 5.12. The van der Waals surface area contributed by atoms with Crippen molar-refractivity contribution >= 4 is 27.7 Å². The summed E-state index contributed by atoms with van der Waals surface area (Å²) in [5.74, 6) is 0. The molecule has 3 N–H and O–H groups in total. The van der Waals surface area contributed by atoms with Crippen LogP contribution in [0.1, 0.15) is 25.5 Å². The van der Waals surface area contributed by atoms with Crippen LogP contribution in [0.25, 0.3) is 0 Å². The van der Waals surface area contributed by atoms with Crippen LogP contribution in [-0.4, -0.2) is 17.0 Å². The molecule has 0 aliphatic rings. The minimum absolute atomic E-state index is 0.0199. The van der Waals surface area contributed by atoms with E-state index in [1.54, 1.807) is 11.8 Å². The van der Waals surface area contributed by atoms with Gasteiger partial charge in [0.2, 0.25) is 0 Å². The second kappa shape index (κ2) is 5.89. The average molecular weight is 290 g/mol. The lowest BCUT2D eigenvalue weighted by atomic mass is 10.1. The van der Waals surface area contributed by atoms with E-state index in [2.05, 4.69) is 22.0 Å². The molecule has 0 saturated carbocycles. The SMILES string of the molecule is CC(CO)Sc1cc(Br)ccc1C(C)N. The van der Waals surface area contributed by atoms with Crippen molar-refractivity contribution < 1.29 is 5.11 Å². The fraction of sp³-hybridized carbons (Fsp3) is 0.455. The molecule has 84 valence electrons. The second-order valence-corrected chi connectivity index (χ2v) is 5.98. The van der Waals surface area contributed by atoms with Crippen molar-refractivity contribution in [2.75, 3.05) is 6.61 Å². The first-order valence-corrected chi connectivity index (χ1v) is 6.54. The minimum Gasteiger partial charge on any atom is -0.395 e. The summed E-state index contributed by atoms with van der Waals surface area (Å²) in [6.45, 7) is 4.14. The Morgan fingerprint density at radius 2 is 2.13 bits per heavy atom. The van der Waals surface area contributed by atoms with Crippen LogP contribution in [0.3, 0.4) is 0 Å². The molecular weight excluding hydrogens is 274 g/mol. The van der Waals surface area contributed by atoms with Crippen LogP contribution in [0.15, 0.2) is 27.6 Å². The van der Waals surface area contributed by atoms with Crippen LogP contribution in [0.4, 0.5) is 0 Å². The smallest absolute Gasteiger partial charge is 0.0550 e. The van der Waals surface area contributed by atoms with E-state index in [0.29, 0.717) is 0 Å². The minimum atomic E-state index is 0.0199. The summed E-state index contributed by atoms with van der Waals surface area (Å²) in [6.07, 6.45) is 0. The molecule has 0 fully saturated rings. The fourth-order valence-electron chi connectivity index (χ4n) is 1.24. The Balaban J connectivity index is 2.96. The maximum absolute atomic E-state index is 9.03. The van der Waals surface area contributed by atoms with Crippen LogP contribution < -0.4 is 5.73 Å². The number of aliphatic hydroxyl groups excluding tert-OH is 1. The van der Waals surface area contributed by atoms with E-state index in [1.807, 2.05) is 26.0 Å². The summed E-state index contributed by atoms with van der Waals surface area (Å²) < 4.78 is 1.04. The van der Waals surface area contributed by atoms with Crippen molar-refractivity contribution in [3.63, 3.8) is 0 Å². The predicted octanol–water partition coefficient (Wildman–Crippen LogP) is 2.94. The molecule has 0 radical (unpaired) electrons. The van der Waals surface area contributed by atoms with E-state index in [-0.39, 0.29) is 17.9 Å². The molecule has 0 amide bonds. The number of rotatable bonds is 4. The first-order valence-electron chi connectivity index (χ1n) is 4.87. The lowest BCUT2D eigenvalue weighted by molar-refractivity contribution is 0.300. The highest BCUT2D eigenvalue weighted by atomic mass is 79.9. The number of nitrogens with two attached hydrogens (primary N) is 1. The Morgan fingerprint density at radius 3 is 2.67 bits per heavy atom. The van der Waals surface area contributed by atoms with Gasteiger partial charge in [-0.3, -0.25) is 0 Å². The lowest BCUT2D eigenvalue weighted by Crippen LogP contribution is -2.08. The van der Waals surface area contributed by atoms with Gasteiger partial charge in [0, 0.05) is 20.7 Å². The zero-order valence-corrected chi connectivity index (χ0v) is 11.3. The normalized spacial score (nSPS) is 15.0. The summed E-state index contributed by atoms with van der Waals surface area (Å²) in [5, 5.41) is 9.22. The zero-order chi connectivity index (χ0) is 11.4. The third-order valence-corrected chi connectivity index (χ3v) is 3.70. The van der Waals surface area contributed by atoms with Crippen LogP contribution >= 0.6 is 27.7 Å². The number of aliphatic hydroxyl groups is 1. The van der Waals surface area contributed by atoms with Gasteiger partial charge in [0.25, 0.3) is 0 Å². The standard InChI is InChI=1S/C11H16BrNOS/c1-7(6-14)15-11-5-9(12)3-4-10(11)8(2)13/h3-5,7-8,14H,6,13H2,1-2H3. The number of hydrogen-bond donors (Lipinski definition) is 2. The van der Waals surface area contributed by atoms with E-state index in [9.17, 15) is 0 Å². The number of halogens is 1. The number of benzene rings is 1. The first kappa shape index (κ1) is 13.0. The largest absolute Gasteiger partial charge is 0.395 e. The number of hydrogen-bond acceptors (Lipinski definition) is 3. The monoisotopic (exact) mass is 289 g/mol. The molecule has 0 aromatic heterocycles. The molecule has 0 heterocycles. The lowest BCUT2D eigenvalue weighted by Gasteiger charge is -2.15. The van der Waals surface area contributed by atoms with E-state index >= 15 is 0 Å². The maximum Gasteiger partial charge on any atom is 0.0550 e. The highest BCUT2D eigenvalue weighted by Crippen LogP contribution is 2.32. The van der Waals surface area contributed by atoms with E-state index in [4.69, 9.17) is 10.8 Å². The molecule has 0 saturated heterocycles. The summed E-state index contributed by atoms with van der Waals surface area (Å²) in [6, 6.07) is 6.09. The Bertz CT molecular complexity index is 330. The molecule has 15 heavy (non-hydrogen) atoms. The van der Waals surface area contributed by atoms with Crippen molar-refractivity contribution in [2.45, 2.75) is 30.0 Å². The number of thioether (sulfide) groups is 1. The predicted molar refractivity (Wildman–Crippen MR) is 69.1 cm³/mol. The summed E-state index contributed by atoms with van der Waals surface area (Å²) in [5.41, 5.74) is 7.02. The van der Waals surface area contributed by atoms with Crippen molar-refractivity contribution in [3.8, 4) is 0 Å². The maximum atomic E-state index is 9.03. The quantitative estimate of drug-likeness (QED) is 0.838. The van der Waals surface area contributed by atoms with Gasteiger partial charge in [-0.15, -0.1) is 11.8 Å². The molecule has 1 rings (SSSR count). The van der Waals surface area contributed by atoms with Crippen LogP contribution in [0, 0.1) is 0 Å². The van der Waals surface area contributed by atoms with Gasteiger partial charge in [-0.1, -0.05) is 28.9 Å². The Labute approximate surface area is 103 Å². The fourth-order valence-corrected chi connectivity index (χ4v) is 2.85. The molecule has 1 aromatic carbocycles. The zero-order valence-electron chi connectivity index (χ0n) is 8.90. The summed E-state index contributed by atoms with van der Waals surface area (Å²) in [7, 11) is 0. The molecular formula is C11H16BrNOS. The van der Waals surface area contributed by atoms with Gasteiger partial charge < -0.3 is 10.8 Å². The Hall–Kier alpha value is -0.0300. The first-order chi connectivity index (χ1) is 7.04. The third kappa shape index (κ3) is 3.79. The van der Waals surface area contributed by atoms with Crippen LogP contribution in [0.2, 0.25) is 0 Å². The third-order valence-electron chi connectivity index (χ3n) is 2.05. The van der Waals surface area contributed by atoms with E-state index in [1.165, 1.54) is 0 Å². The molecule has 0 spiro atoms.